The van der Waals surface area contributed by atoms with Gasteiger partial charge in [-0.3, -0.25) is 4.79 Å². The lowest BCUT2D eigenvalue weighted by Crippen LogP contribution is -2.47. The quantitative estimate of drug-likeness (QED) is 0.386. The summed E-state index contributed by atoms with van der Waals surface area (Å²) in [7, 11) is 0. The normalized spacial score (nSPS) is 44.1. The fourth-order valence-electron chi connectivity index (χ4n) is 3.27. The van der Waals surface area contributed by atoms with Gasteiger partial charge in [0, 0.05) is 18.8 Å². The topological polar surface area (TPSA) is 38.8 Å². The second-order valence-corrected chi connectivity index (χ2v) is 5.68. The summed E-state index contributed by atoms with van der Waals surface area (Å²) < 4.78 is 11.1. The first-order valence-electron chi connectivity index (χ1n) is 5.61. The Morgan fingerprint density at radius 3 is 2.50 bits per heavy atom. The molecular weight excluding hydrogens is 204 g/mol. The van der Waals surface area contributed by atoms with Crippen molar-refractivity contribution in [2.45, 2.75) is 57.8 Å². The summed E-state index contributed by atoms with van der Waals surface area (Å²) in [6.45, 7) is 7.60. The van der Waals surface area contributed by atoms with Crippen LogP contribution in [0.5, 0.6) is 0 Å². The minimum Gasteiger partial charge on any atom is -0.462 e. The SMILES string of the molecule is C#C[C@@]12O[C@]1(C)C[C@@H](OC(C)=O)CC2(C)C. The van der Waals surface area contributed by atoms with E-state index in [0.29, 0.717) is 6.42 Å². The molecule has 16 heavy (non-hydrogen) atoms. The van der Waals surface area contributed by atoms with Gasteiger partial charge in [0.2, 0.25) is 0 Å². The maximum Gasteiger partial charge on any atom is 0.302 e. The van der Waals surface area contributed by atoms with E-state index in [4.69, 9.17) is 15.9 Å². The molecule has 0 bridgehead atoms. The molecule has 1 saturated carbocycles. The molecule has 0 aromatic heterocycles. The summed E-state index contributed by atoms with van der Waals surface area (Å²) in [5, 5.41) is 0. The highest BCUT2D eigenvalue weighted by Crippen LogP contribution is 2.65. The molecule has 0 amide bonds. The van der Waals surface area contributed by atoms with Crippen molar-refractivity contribution in [3.63, 3.8) is 0 Å². The molecule has 0 N–H and O–H groups in total. The van der Waals surface area contributed by atoms with Crippen LogP contribution in [-0.4, -0.2) is 23.3 Å². The lowest BCUT2D eigenvalue weighted by molar-refractivity contribution is -0.149. The number of hydrogen-bond acceptors (Lipinski definition) is 3. The van der Waals surface area contributed by atoms with Gasteiger partial charge in [-0.2, -0.15) is 0 Å². The molecular formula is C13H18O3. The average molecular weight is 222 g/mol. The van der Waals surface area contributed by atoms with Gasteiger partial charge in [0.1, 0.15) is 11.7 Å². The Balaban J connectivity index is 2.22. The Morgan fingerprint density at radius 1 is 1.44 bits per heavy atom. The van der Waals surface area contributed by atoms with Crippen LogP contribution in [0.15, 0.2) is 0 Å². The van der Waals surface area contributed by atoms with Crippen molar-refractivity contribution in [1.29, 1.82) is 0 Å². The smallest absolute Gasteiger partial charge is 0.302 e. The Labute approximate surface area is 96.5 Å². The summed E-state index contributed by atoms with van der Waals surface area (Å²) in [5.41, 5.74) is -0.963. The molecule has 0 spiro atoms. The van der Waals surface area contributed by atoms with Gasteiger partial charge in [-0.15, -0.1) is 6.42 Å². The van der Waals surface area contributed by atoms with E-state index >= 15 is 0 Å². The maximum atomic E-state index is 11.0. The lowest BCUT2D eigenvalue weighted by Gasteiger charge is -2.38. The number of fused-ring (bicyclic) bond motifs is 1. The van der Waals surface area contributed by atoms with E-state index in [2.05, 4.69) is 19.8 Å². The van der Waals surface area contributed by atoms with Crippen molar-refractivity contribution in [3.05, 3.63) is 0 Å². The molecule has 0 unspecified atom stereocenters. The molecule has 1 heterocycles. The molecule has 0 radical (unpaired) electrons. The Hall–Kier alpha value is -1.01. The van der Waals surface area contributed by atoms with Crippen molar-refractivity contribution in [2.75, 3.05) is 0 Å². The van der Waals surface area contributed by atoms with Gasteiger partial charge in [0.15, 0.2) is 5.60 Å². The minimum atomic E-state index is -0.476. The molecule has 0 aromatic carbocycles. The van der Waals surface area contributed by atoms with Crippen LogP contribution in [0.2, 0.25) is 0 Å². The van der Waals surface area contributed by atoms with Crippen LogP contribution in [0.3, 0.4) is 0 Å². The van der Waals surface area contributed by atoms with Gasteiger partial charge < -0.3 is 9.47 Å². The van der Waals surface area contributed by atoms with Gasteiger partial charge >= 0.3 is 5.97 Å². The third-order valence-electron chi connectivity index (χ3n) is 3.93. The van der Waals surface area contributed by atoms with E-state index in [1.165, 1.54) is 6.92 Å². The van der Waals surface area contributed by atoms with Crippen LogP contribution in [0.25, 0.3) is 0 Å². The zero-order valence-electron chi connectivity index (χ0n) is 10.3. The monoisotopic (exact) mass is 222 g/mol. The molecule has 1 aliphatic carbocycles. The fourth-order valence-corrected chi connectivity index (χ4v) is 3.27. The number of carbonyl (C=O) groups excluding carboxylic acids is 1. The zero-order valence-corrected chi connectivity index (χ0v) is 10.3. The van der Waals surface area contributed by atoms with Crippen molar-refractivity contribution < 1.29 is 14.3 Å². The molecule has 3 atom stereocenters. The van der Waals surface area contributed by atoms with Crippen molar-refractivity contribution in [1.82, 2.24) is 0 Å². The lowest BCUT2D eigenvalue weighted by atomic mass is 9.63. The standard InChI is InChI=1S/C13H18O3/c1-6-13-11(3,4)7-10(15-9(2)14)8-12(13,5)16-13/h1,10H,7-8H2,2-5H3/t10-,12+,13-/m0/s1. The number of rotatable bonds is 1. The van der Waals surface area contributed by atoms with Gasteiger partial charge in [-0.25, -0.2) is 0 Å². The molecule has 88 valence electrons. The second-order valence-electron chi connectivity index (χ2n) is 5.68. The molecule has 0 aromatic rings. The molecule has 2 rings (SSSR count). The van der Waals surface area contributed by atoms with Gasteiger partial charge in [0.25, 0.3) is 0 Å². The molecule has 3 heteroatoms. The van der Waals surface area contributed by atoms with Gasteiger partial charge in [-0.05, 0) is 13.3 Å². The van der Waals surface area contributed by atoms with E-state index in [-0.39, 0.29) is 23.1 Å². The predicted octanol–water partition coefficient (Wildman–Crippen LogP) is 1.90. The number of epoxide rings is 1. The molecule has 1 saturated heterocycles. The highest BCUT2D eigenvalue weighted by molar-refractivity contribution is 5.66. The largest absolute Gasteiger partial charge is 0.462 e. The Kier molecular flexibility index (Phi) is 2.16. The third kappa shape index (κ3) is 1.29. The maximum absolute atomic E-state index is 11.0. The van der Waals surface area contributed by atoms with Crippen LogP contribution in [0.4, 0.5) is 0 Å². The average Bonchev–Trinajstić information content (AvgIpc) is 2.70. The van der Waals surface area contributed by atoms with Crippen molar-refractivity contribution in [3.8, 4) is 12.3 Å². The summed E-state index contributed by atoms with van der Waals surface area (Å²) in [6, 6.07) is 0. The van der Waals surface area contributed by atoms with E-state index in [9.17, 15) is 4.79 Å². The summed E-state index contributed by atoms with van der Waals surface area (Å²) in [5.74, 6) is 2.56. The number of hydrogen-bond donors (Lipinski definition) is 0. The number of ether oxygens (including phenoxy) is 2. The number of esters is 1. The Morgan fingerprint density at radius 2 is 2.06 bits per heavy atom. The first kappa shape index (κ1) is 11.5. The number of carbonyl (C=O) groups is 1. The molecule has 2 fully saturated rings. The third-order valence-corrected chi connectivity index (χ3v) is 3.93. The predicted molar refractivity (Wildman–Crippen MR) is 59.6 cm³/mol. The van der Waals surface area contributed by atoms with Gasteiger partial charge in [-0.1, -0.05) is 19.8 Å². The Bertz CT molecular complexity index is 379. The minimum absolute atomic E-state index is 0.0820. The van der Waals surface area contributed by atoms with E-state index in [1.807, 2.05) is 6.92 Å². The van der Waals surface area contributed by atoms with E-state index in [1.54, 1.807) is 0 Å². The van der Waals surface area contributed by atoms with Crippen LogP contribution >= 0.6 is 0 Å². The van der Waals surface area contributed by atoms with Crippen molar-refractivity contribution in [2.24, 2.45) is 5.41 Å². The van der Waals surface area contributed by atoms with Gasteiger partial charge in [0.05, 0.1) is 0 Å². The highest BCUT2D eigenvalue weighted by Gasteiger charge is 2.76. The highest BCUT2D eigenvalue weighted by atomic mass is 16.6. The fraction of sp³-hybridized carbons (Fsp3) is 0.769. The summed E-state index contributed by atoms with van der Waals surface area (Å²) in [6.07, 6.45) is 6.97. The molecule has 2 aliphatic rings. The summed E-state index contributed by atoms with van der Waals surface area (Å²) in [4.78, 5) is 11.0. The van der Waals surface area contributed by atoms with Crippen LogP contribution in [0.1, 0.15) is 40.5 Å². The second kappa shape index (κ2) is 3.01. The molecule has 3 nitrogen and oxygen atoms in total. The van der Waals surface area contributed by atoms with Crippen LogP contribution in [-0.2, 0) is 14.3 Å². The van der Waals surface area contributed by atoms with E-state index in [0.717, 1.165) is 6.42 Å². The first-order valence-corrected chi connectivity index (χ1v) is 5.61. The zero-order chi connectivity index (χ0) is 12.2. The van der Waals surface area contributed by atoms with Crippen molar-refractivity contribution >= 4 is 5.97 Å². The summed E-state index contributed by atoms with van der Waals surface area (Å²) >= 11 is 0. The first-order chi connectivity index (χ1) is 7.26. The van der Waals surface area contributed by atoms with Crippen LogP contribution in [0, 0.1) is 17.8 Å². The molecule has 1 aliphatic heterocycles. The van der Waals surface area contributed by atoms with Crippen LogP contribution < -0.4 is 0 Å². The van der Waals surface area contributed by atoms with E-state index < -0.39 is 5.60 Å². The number of terminal acetylenes is 1.